The maximum absolute atomic E-state index is 12.7. The Hall–Kier alpha value is -2.73. The van der Waals surface area contributed by atoms with Gasteiger partial charge in [-0.15, -0.1) is 0 Å². The van der Waals surface area contributed by atoms with Gasteiger partial charge in [-0.2, -0.15) is 0 Å². The molecule has 0 fully saturated rings. The van der Waals surface area contributed by atoms with Crippen molar-refractivity contribution in [2.45, 2.75) is 52.6 Å². The highest BCUT2D eigenvalue weighted by Gasteiger charge is 2.26. The van der Waals surface area contributed by atoms with Crippen LogP contribution in [-0.4, -0.2) is 26.6 Å². The van der Waals surface area contributed by atoms with Gasteiger partial charge >= 0.3 is 0 Å². The summed E-state index contributed by atoms with van der Waals surface area (Å²) in [5.74, 6) is 1.56. The van der Waals surface area contributed by atoms with Crippen LogP contribution in [-0.2, 0) is 24.9 Å². The minimum Gasteiger partial charge on any atom is -0.356 e. The van der Waals surface area contributed by atoms with Gasteiger partial charge in [-0.05, 0) is 6.92 Å². The largest absolute Gasteiger partial charge is 0.356 e. The van der Waals surface area contributed by atoms with Crippen molar-refractivity contribution in [3.05, 3.63) is 69.0 Å². The zero-order chi connectivity index (χ0) is 19.9. The van der Waals surface area contributed by atoms with Crippen LogP contribution in [0.4, 0.5) is 0 Å². The number of aryl methyl sites for hydroxylation is 1. The van der Waals surface area contributed by atoms with E-state index in [1.807, 2.05) is 37.3 Å². The topological polar surface area (TPSA) is 75.0 Å². The molecule has 0 saturated carbocycles. The Morgan fingerprint density at radius 2 is 1.96 bits per heavy atom. The fraction of sp³-hybridized carbons (Fsp3) is 0.409. The normalized spacial score (nSPS) is 14.9. The lowest BCUT2D eigenvalue weighted by molar-refractivity contribution is 0.240. The molecule has 2 aromatic heterocycles. The summed E-state index contributed by atoms with van der Waals surface area (Å²) in [6.45, 7) is 10.3. The molecule has 0 atom stereocenters. The van der Waals surface area contributed by atoms with Gasteiger partial charge in [-0.25, -0.2) is 4.98 Å². The van der Waals surface area contributed by atoms with E-state index in [-0.39, 0.29) is 11.0 Å². The Balaban J connectivity index is 1.60. The maximum Gasteiger partial charge on any atom is 0.255 e. The molecule has 0 spiro atoms. The van der Waals surface area contributed by atoms with Crippen molar-refractivity contribution in [2.75, 3.05) is 6.54 Å². The summed E-state index contributed by atoms with van der Waals surface area (Å²) in [4.78, 5) is 22.7. The van der Waals surface area contributed by atoms with Gasteiger partial charge in [-0.1, -0.05) is 56.3 Å². The predicted octanol–water partition coefficient (Wildman–Crippen LogP) is 3.59. The van der Waals surface area contributed by atoms with Gasteiger partial charge in [0.15, 0.2) is 5.76 Å². The SMILES string of the molecule is Cc1noc(-c2ccccc2)c1CN1CCc2nc(C(C)(C)C)[nH]c(=O)c2C1. The van der Waals surface area contributed by atoms with E-state index < -0.39 is 0 Å². The van der Waals surface area contributed by atoms with Crippen molar-refractivity contribution >= 4 is 0 Å². The Kier molecular flexibility index (Phi) is 4.67. The molecule has 6 nitrogen and oxygen atoms in total. The van der Waals surface area contributed by atoms with Gasteiger partial charge in [-0.3, -0.25) is 9.69 Å². The lowest BCUT2D eigenvalue weighted by atomic mass is 9.95. The minimum absolute atomic E-state index is 0.0232. The number of fused-ring (bicyclic) bond motifs is 1. The minimum atomic E-state index is -0.171. The van der Waals surface area contributed by atoms with E-state index in [4.69, 9.17) is 9.51 Å². The van der Waals surface area contributed by atoms with Crippen LogP contribution in [0.3, 0.4) is 0 Å². The Morgan fingerprint density at radius 3 is 2.68 bits per heavy atom. The van der Waals surface area contributed by atoms with E-state index in [2.05, 4.69) is 35.8 Å². The highest BCUT2D eigenvalue weighted by molar-refractivity contribution is 5.61. The average Bonchev–Trinajstić information content (AvgIpc) is 3.02. The van der Waals surface area contributed by atoms with Gasteiger partial charge < -0.3 is 9.51 Å². The number of aromatic amines is 1. The van der Waals surface area contributed by atoms with E-state index in [0.29, 0.717) is 13.1 Å². The second kappa shape index (κ2) is 7.02. The summed E-state index contributed by atoms with van der Waals surface area (Å²) in [6, 6.07) is 10.0. The van der Waals surface area contributed by atoms with Gasteiger partial charge in [0.1, 0.15) is 5.82 Å². The summed E-state index contributed by atoms with van der Waals surface area (Å²) in [7, 11) is 0. The molecule has 1 aromatic carbocycles. The fourth-order valence-corrected chi connectivity index (χ4v) is 3.59. The zero-order valence-electron chi connectivity index (χ0n) is 16.9. The Labute approximate surface area is 164 Å². The van der Waals surface area contributed by atoms with Crippen molar-refractivity contribution in [1.82, 2.24) is 20.0 Å². The number of nitrogens with zero attached hydrogens (tertiary/aromatic N) is 3. The van der Waals surface area contributed by atoms with Crippen LogP contribution in [0.2, 0.25) is 0 Å². The quantitative estimate of drug-likeness (QED) is 0.754. The molecule has 0 unspecified atom stereocenters. The average molecular weight is 378 g/mol. The van der Waals surface area contributed by atoms with Crippen molar-refractivity contribution in [2.24, 2.45) is 0 Å². The molecule has 0 aliphatic carbocycles. The first-order chi connectivity index (χ1) is 13.3. The molecule has 0 radical (unpaired) electrons. The lowest BCUT2D eigenvalue weighted by Gasteiger charge is -2.28. The van der Waals surface area contributed by atoms with Crippen molar-refractivity contribution in [1.29, 1.82) is 0 Å². The second-order valence-corrected chi connectivity index (χ2v) is 8.49. The standard InChI is InChI=1S/C22H26N4O2/c1-14-16(19(28-25-14)15-8-6-5-7-9-15)12-26-11-10-18-17(13-26)20(27)24-21(23-18)22(2,3)4/h5-9H,10-13H2,1-4H3,(H,23,24,27). The highest BCUT2D eigenvalue weighted by Crippen LogP contribution is 2.28. The first-order valence-corrected chi connectivity index (χ1v) is 9.68. The van der Waals surface area contributed by atoms with Gasteiger partial charge in [0.2, 0.25) is 0 Å². The molecule has 3 aromatic rings. The third-order valence-electron chi connectivity index (χ3n) is 5.26. The molecule has 0 bridgehead atoms. The first kappa shape index (κ1) is 18.6. The monoisotopic (exact) mass is 378 g/mol. The van der Waals surface area contributed by atoms with Crippen molar-refractivity contribution in [3.8, 4) is 11.3 Å². The Morgan fingerprint density at radius 1 is 1.21 bits per heavy atom. The highest BCUT2D eigenvalue weighted by atomic mass is 16.5. The lowest BCUT2D eigenvalue weighted by Crippen LogP contribution is -2.37. The Bertz CT molecular complexity index is 1040. The number of hydrogen-bond acceptors (Lipinski definition) is 5. The van der Waals surface area contributed by atoms with Crippen molar-refractivity contribution < 1.29 is 4.52 Å². The van der Waals surface area contributed by atoms with Gasteiger partial charge in [0.05, 0.1) is 17.0 Å². The summed E-state index contributed by atoms with van der Waals surface area (Å²) in [6.07, 6.45) is 0.771. The molecule has 3 heterocycles. The molecular weight excluding hydrogens is 352 g/mol. The zero-order valence-corrected chi connectivity index (χ0v) is 16.9. The van der Waals surface area contributed by atoms with Crippen LogP contribution in [0.5, 0.6) is 0 Å². The van der Waals surface area contributed by atoms with Crippen LogP contribution >= 0.6 is 0 Å². The third kappa shape index (κ3) is 3.52. The van der Waals surface area contributed by atoms with Crippen molar-refractivity contribution in [3.63, 3.8) is 0 Å². The van der Waals surface area contributed by atoms with E-state index in [1.165, 1.54) is 0 Å². The number of nitrogens with one attached hydrogen (secondary N) is 1. The number of rotatable bonds is 3. The summed E-state index contributed by atoms with van der Waals surface area (Å²) < 4.78 is 5.61. The number of hydrogen-bond donors (Lipinski definition) is 1. The molecular formula is C22H26N4O2. The number of aromatic nitrogens is 3. The summed E-state index contributed by atoms with van der Waals surface area (Å²) >= 11 is 0. The molecule has 1 aliphatic rings. The molecule has 146 valence electrons. The van der Waals surface area contributed by atoms with Crippen LogP contribution in [0.1, 0.15) is 49.1 Å². The summed E-state index contributed by atoms with van der Waals surface area (Å²) in [5.41, 5.74) is 4.49. The van der Waals surface area contributed by atoms with Crippen LogP contribution in [0.15, 0.2) is 39.6 Å². The molecule has 0 saturated heterocycles. The van der Waals surface area contributed by atoms with Gasteiger partial charge in [0, 0.05) is 42.6 Å². The number of benzene rings is 1. The summed E-state index contributed by atoms with van der Waals surface area (Å²) in [5, 5.41) is 4.18. The molecule has 1 aliphatic heterocycles. The fourth-order valence-electron chi connectivity index (χ4n) is 3.59. The van der Waals surface area contributed by atoms with E-state index >= 15 is 0 Å². The van der Waals surface area contributed by atoms with Gasteiger partial charge in [0.25, 0.3) is 5.56 Å². The predicted molar refractivity (Wildman–Crippen MR) is 108 cm³/mol. The first-order valence-electron chi connectivity index (χ1n) is 9.68. The van der Waals surface area contributed by atoms with Crippen LogP contribution < -0.4 is 5.56 Å². The maximum atomic E-state index is 12.7. The van der Waals surface area contributed by atoms with E-state index in [0.717, 1.165) is 52.6 Å². The molecule has 0 amide bonds. The van der Waals surface area contributed by atoms with E-state index in [9.17, 15) is 4.79 Å². The molecule has 6 heteroatoms. The molecule has 1 N–H and O–H groups in total. The third-order valence-corrected chi connectivity index (χ3v) is 5.26. The molecule has 28 heavy (non-hydrogen) atoms. The number of H-pyrrole nitrogens is 1. The second-order valence-electron chi connectivity index (χ2n) is 8.49. The van der Waals surface area contributed by atoms with E-state index in [1.54, 1.807) is 0 Å². The smallest absolute Gasteiger partial charge is 0.255 e. The molecule has 4 rings (SSSR count). The van der Waals surface area contributed by atoms with Crippen LogP contribution in [0, 0.1) is 6.92 Å². The van der Waals surface area contributed by atoms with Crippen LogP contribution in [0.25, 0.3) is 11.3 Å².